The minimum Gasteiger partial charge on any atom is -0.267 e. The second-order valence-corrected chi connectivity index (χ2v) is 9.87. The van der Waals surface area contributed by atoms with Crippen LogP contribution in [0.4, 0.5) is 11.4 Å². The van der Waals surface area contributed by atoms with Crippen molar-refractivity contribution in [1.29, 1.82) is 0 Å². The van der Waals surface area contributed by atoms with E-state index in [4.69, 9.17) is 5.10 Å². The second kappa shape index (κ2) is 10.1. The van der Waals surface area contributed by atoms with Crippen molar-refractivity contribution in [2.24, 2.45) is 11.0 Å². The van der Waals surface area contributed by atoms with E-state index in [2.05, 4.69) is 15.9 Å². The maximum atomic E-state index is 13.7. The quantitative estimate of drug-likeness (QED) is 0.254. The standard InChI is InChI=1S/C27H21BrN4O5/c28-21-12-10-18(11-13-21)27(33)30-26(20-6-2-8-23(16-20)32(36)37)24-9-3-5-19(25(24)29-30)14-17-4-1-7-22(15-17)31(34)35/h1-2,4,6-8,10-16,24,26H,3,5,9H2/b19-14+/t24-,26-/m0/s1. The van der Waals surface area contributed by atoms with Crippen molar-refractivity contribution in [3.8, 4) is 0 Å². The fourth-order valence-corrected chi connectivity index (χ4v) is 5.24. The maximum Gasteiger partial charge on any atom is 0.274 e. The summed E-state index contributed by atoms with van der Waals surface area (Å²) in [6.45, 7) is 0. The largest absolute Gasteiger partial charge is 0.274 e. The van der Waals surface area contributed by atoms with E-state index in [-0.39, 0.29) is 23.2 Å². The Hall–Kier alpha value is -4.18. The Balaban J connectivity index is 1.59. The Morgan fingerprint density at radius 2 is 1.65 bits per heavy atom. The molecule has 1 saturated carbocycles. The van der Waals surface area contributed by atoms with E-state index in [1.165, 1.54) is 29.3 Å². The minimum atomic E-state index is -0.514. The molecule has 0 radical (unpaired) electrons. The highest BCUT2D eigenvalue weighted by Gasteiger charge is 2.44. The molecule has 1 fully saturated rings. The van der Waals surface area contributed by atoms with Crippen LogP contribution in [0.25, 0.3) is 6.08 Å². The van der Waals surface area contributed by atoms with Crippen molar-refractivity contribution in [3.63, 3.8) is 0 Å². The van der Waals surface area contributed by atoms with Crippen LogP contribution < -0.4 is 0 Å². The van der Waals surface area contributed by atoms with E-state index < -0.39 is 15.9 Å². The van der Waals surface area contributed by atoms with E-state index in [1.54, 1.807) is 48.5 Å². The normalized spacial score (nSPS) is 19.9. The lowest BCUT2D eigenvalue weighted by Gasteiger charge is -2.29. The Morgan fingerprint density at radius 3 is 2.35 bits per heavy atom. The minimum absolute atomic E-state index is 0.00316. The number of non-ortho nitro benzene ring substituents is 2. The number of allylic oxidation sites excluding steroid dienone is 1. The smallest absolute Gasteiger partial charge is 0.267 e. The summed E-state index contributed by atoms with van der Waals surface area (Å²) in [7, 11) is 0. The van der Waals surface area contributed by atoms with Gasteiger partial charge in [0.25, 0.3) is 17.3 Å². The van der Waals surface area contributed by atoms with Crippen molar-refractivity contribution in [3.05, 3.63) is 120 Å². The number of carbonyl (C=O) groups is 1. The summed E-state index contributed by atoms with van der Waals surface area (Å²) in [4.78, 5) is 35.5. The summed E-state index contributed by atoms with van der Waals surface area (Å²) >= 11 is 3.39. The van der Waals surface area contributed by atoms with Crippen molar-refractivity contribution in [2.75, 3.05) is 0 Å². The Labute approximate surface area is 220 Å². The van der Waals surface area contributed by atoms with Gasteiger partial charge in [0.1, 0.15) is 0 Å². The average Bonchev–Trinajstić information content (AvgIpc) is 3.29. The third kappa shape index (κ3) is 4.92. The first kappa shape index (κ1) is 24.5. The molecule has 0 unspecified atom stereocenters. The second-order valence-electron chi connectivity index (χ2n) is 8.96. The summed E-state index contributed by atoms with van der Waals surface area (Å²) in [5.74, 6) is -0.472. The van der Waals surface area contributed by atoms with Crippen LogP contribution in [0.1, 0.15) is 46.8 Å². The molecule has 0 aromatic heterocycles. The molecule has 2 aliphatic rings. The summed E-state index contributed by atoms with van der Waals surface area (Å²) in [6, 6.07) is 19.2. The lowest BCUT2D eigenvalue weighted by atomic mass is 9.77. The summed E-state index contributed by atoms with van der Waals surface area (Å²) in [5, 5.41) is 29.0. The van der Waals surface area contributed by atoms with E-state index in [0.717, 1.165) is 28.6 Å². The first-order valence-corrected chi connectivity index (χ1v) is 12.5. The Bertz CT molecular complexity index is 1470. The molecule has 9 nitrogen and oxygen atoms in total. The molecule has 3 aromatic carbocycles. The third-order valence-electron chi connectivity index (χ3n) is 6.65. The number of hydrazone groups is 1. The highest BCUT2D eigenvalue weighted by molar-refractivity contribution is 9.10. The molecular weight excluding hydrogens is 540 g/mol. The van der Waals surface area contributed by atoms with Gasteiger partial charge in [-0.3, -0.25) is 25.0 Å². The molecule has 1 heterocycles. The molecular formula is C27H21BrN4O5. The van der Waals surface area contributed by atoms with E-state index >= 15 is 0 Å². The predicted octanol–water partition coefficient (Wildman–Crippen LogP) is 6.70. The number of hydrogen-bond donors (Lipinski definition) is 0. The molecule has 1 amide bonds. The van der Waals surface area contributed by atoms with Gasteiger partial charge in [0.2, 0.25) is 0 Å². The van der Waals surface area contributed by atoms with Gasteiger partial charge in [0.05, 0.1) is 21.6 Å². The van der Waals surface area contributed by atoms with Crippen molar-refractivity contribution >= 4 is 45.0 Å². The molecule has 37 heavy (non-hydrogen) atoms. The van der Waals surface area contributed by atoms with Gasteiger partial charge in [-0.05, 0) is 66.3 Å². The number of hydrogen-bond acceptors (Lipinski definition) is 6. The number of benzene rings is 3. The molecule has 3 aromatic rings. The van der Waals surface area contributed by atoms with Crippen LogP contribution >= 0.6 is 15.9 Å². The predicted molar refractivity (Wildman–Crippen MR) is 142 cm³/mol. The molecule has 1 aliphatic heterocycles. The molecule has 186 valence electrons. The summed E-state index contributed by atoms with van der Waals surface area (Å²) in [5.41, 5.74) is 3.35. The number of carbonyl (C=O) groups excluding carboxylic acids is 1. The van der Waals surface area contributed by atoms with Crippen LogP contribution in [0.15, 0.2) is 87.9 Å². The number of fused-ring (bicyclic) bond motifs is 1. The number of rotatable bonds is 5. The zero-order valence-corrected chi connectivity index (χ0v) is 21.1. The molecule has 5 rings (SSSR count). The SMILES string of the molecule is O=C(c1ccc(Br)cc1)N1N=C2/C(=C/c3cccc([N+](=O)[O-])c3)CCC[C@@H]2[C@@H]1c1cccc([N+](=O)[O-])c1. The van der Waals surface area contributed by atoms with Crippen LogP contribution in [0, 0.1) is 26.1 Å². The Kier molecular flexibility index (Phi) is 6.66. The van der Waals surface area contributed by atoms with Gasteiger partial charge in [-0.1, -0.05) is 40.2 Å². The molecule has 0 spiro atoms. The molecule has 1 aliphatic carbocycles. The van der Waals surface area contributed by atoms with Crippen molar-refractivity contribution < 1.29 is 14.6 Å². The average molecular weight is 561 g/mol. The lowest BCUT2D eigenvalue weighted by Crippen LogP contribution is -2.32. The van der Waals surface area contributed by atoms with E-state index in [1.807, 2.05) is 6.08 Å². The summed E-state index contributed by atoms with van der Waals surface area (Å²) < 4.78 is 0.836. The van der Waals surface area contributed by atoms with Gasteiger partial charge in [-0.2, -0.15) is 5.10 Å². The monoisotopic (exact) mass is 560 g/mol. The summed E-state index contributed by atoms with van der Waals surface area (Å²) in [6.07, 6.45) is 4.18. The fourth-order valence-electron chi connectivity index (χ4n) is 4.98. The lowest BCUT2D eigenvalue weighted by molar-refractivity contribution is -0.385. The van der Waals surface area contributed by atoms with Crippen LogP contribution in [-0.4, -0.2) is 26.5 Å². The molecule has 10 heteroatoms. The van der Waals surface area contributed by atoms with Crippen molar-refractivity contribution in [1.82, 2.24) is 5.01 Å². The van der Waals surface area contributed by atoms with Gasteiger partial charge < -0.3 is 0 Å². The van der Waals surface area contributed by atoms with Gasteiger partial charge in [0.15, 0.2) is 0 Å². The first-order valence-electron chi connectivity index (χ1n) is 11.7. The number of nitro groups is 2. The van der Waals surface area contributed by atoms with E-state index in [0.29, 0.717) is 23.1 Å². The highest BCUT2D eigenvalue weighted by Crippen LogP contribution is 2.45. The van der Waals surface area contributed by atoms with Gasteiger partial charge in [0, 0.05) is 40.2 Å². The van der Waals surface area contributed by atoms with E-state index in [9.17, 15) is 25.0 Å². The zero-order valence-electron chi connectivity index (χ0n) is 19.5. The van der Waals surface area contributed by atoms with Crippen molar-refractivity contribution in [2.45, 2.75) is 25.3 Å². The molecule has 0 N–H and O–H groups in total. The zero-order chi connectivity index (χ0) is 26.1. The topological polar surface area (TPSA) is 119 Å². The Morgan fingerprint density at radius 1 is 0.973 bits per heavy atom. The molecule has 2 atom stereocenters. The van der Waals surface area contributed by atoms with Crippen LogP contribution in [-0.2, 0) is 0 Å². The number of halogens is 1. The number of amides is 1. The third-order valence-corrected chi connectivity index (χ3v) is 7.17. The van der Waals surface area contributed by atoms with Crippen LogP contribution in [0.3, 0.4) is 0 Å². The number of nitrogens with zero attached hydrogens (tertiary/aromatic N) is 4. The van der Waals surface area contributed by atoms with Gasteiger partial charge in [-0.25, -0.2) is 5.01 Å². The van der Waals surface area contributed by atoms with Gasteiger partial charge >= 0.3 is 0 Å². The van der Waals surface area contributed by atoms with Crippen LogP contribution in [0.5, 0.6) is 0 Å². The molecule has 0 bridgehead atoms. The van der Waals surface area contributed by atoms with Crippen LogP contribution in [0.2, 0.25) is 0 Å². The maximum absolute atomic E-state index is 13.7. The first-order chi connectivity index (χ1) is 17.8. The fraction of sp³-hybridized carbons (Fsp3) is 0.185. The number of nitro benzene ring substituents is 2. The highest BCUT2D eigenvalue weighted by atomic mass is 79.9. The van der Waals surface area contributed by atoms with Gasteiger partial charge in [-0.15, -0.1) is 0 Å². The molecule has 0 saturated heterocycles.